The minimum absolute atomic E-state index is 0.0923. The van der Waals surface area contributed by atoms with E-state index in [1.165, 1.54) is 0 Å². The summed E-state index contributed by atoms with van der Waals surface area (Å²) in [5, 5.41) is 19.0. The number of aromatic carboxylic acids is 1. The van der Waals surface area contributed by atoms with Crippen molar-refractivity contribution in [1.82, 2.24) is 9.55 Å². The lowest BCUT2D eigenvalue weighted by Crippen LogP contribution is -2.14. The zero-order valence-corrected chi connectivity index (χ0v) is 12.3. The van der Waals surface area contributed by atoms with Crippen LogP contribution in [0.25, 0.3) is 11.0 Å². The molecule has 1 aliphatic rings. The molecule has 1 aromatic carbocycles. The van der Waals surface area contributed by atoms with Crippen LogP contribution in [0.3, 0.4) is 0 Å². The lowest BCUT2D eigenvalue weighted by Gasteiger charge is -2.19. The maximum Gasteiger partial charge on any atom is 0.337 e. The first-order valence-electron chi connectivity index (χ1n) is 7.41. The number of carboxylic acids is 1. The summed E-state index contributed by atoms with van der Waals surface area (Å²) in [5.41, 5.74) is 1.66. The zero-order chi connectivity index (χ0) is 15.1. The van der Waals surface area contributed by atoms with Gasteiger partial charge in [0.1, 0.15) is 11.3 Å². The lowest BCUT2D eigenvalue weighted by atomic mass is 10.1. The van der Waals surface area contributed by atoms with Crippen molar-refractivity contribution in [2.75, 3.05) is 0 Å². The molecular weight excluding hydrogens is 268 g/mol. The van der Waals surface area contributed by atoms with Crippen LogP contribution in [0.5, 0.6) is 0 Å². The average Bonchev–Trinajstić information content (AvgIpc) is 3.17. The number of benzene rings is 1. The summed E-state index contributed by atoms with van der Waals surface area (Å²) >= 11 is 0. The van der Waals surface area contributed by atoms with E-state index in [0.29, 0.717) is 17.9 Å². The second-order valence-electron chi connectivity index (χ2n) is 6.03. The molecule has 0 spiro atoms. The molecule has 2 aromatic rings. The monoisotopic (exact) mass is 288 g/mol. The molecule has 5 heteroatoms. The number of carboxylic acid groups (broad SMARTS) is 1. The van der Waals surface area contributed by atoms with E-state index >= 15 is 0 Å². The Hall–Kier alpha value is -1.88. The quantitative estimate of drug-likeness (QED) is 0.887. The van der Waals surface area contributed by atoms with Crippen LogP contribution in [-0.2, 0) is 0 Å². The SMILES string of the molecule is CC(O)CC(C)n1c(C2CC2)nc2c(C(=O)O)cccc21. The summed E-state index contributed by atoms with van der Waals surface area (Å²) in [6.45, 7) is 3.82. The molecule has 0 radical (unpaired) electrons. The Bertz CT molecular complexity index is 686. The minimum Gasteiger partial charge on any atom is -0.478 e. The van der Waals surface area contributed by atoms with E-state index in [-0.39, 0.29) is 11.6 Å². The predicted molar refractivity (Wildman–Crippen MR) is 79.7 cm³/mol. The number of carbonyl (C=O) groups is 1. The highest BCUT2D eigenvalue weighted by Crippen LogP contribution is 2.42. The van der Waals surface area contributed by atoms with Gasteiger partial charge in [-0.25, -0.2) is 9.78 Å². The van der Waals surface area contributed by atoms with E-state index in [1.54, 1.807) is 19.1 Å². The number of nitrogens with zero attached hydrogens (tertiary/aromatic N) is 2. The second kappa shape index (κ2) is 5.15. The fraction of sp³-hybridized carbons (Fsp3) is 0.500. The first-order chi connectivity index (χ1) is 9.99. The van der Waals surface area contributed by atoms with E-state index in [2.05, 4.69) is 9.55 Å². The van der Waals surface area contributed by atoms with Crippen LogP contribution >= 0.6 is 0 Å². The van der Waals surface area contributed by atoms with Crippen LogP contribution in [0.2, 0.25) is 0 Å². The van der Waals surface area contributed by atoms with Crippen molar-refractivity contribution in [3.05, 3.63) is 29.6 Å². The van der Waals surface area contributed by atoms with Crippen molar-refractivity contribution in [1.29, 1.82) is 0 Å². The smallest absolute Gasteiger partial charge is 0.337 e. The van der Waals surface area contributed by atoms with Crippen molar-refractivity contribution in [3.63, 3.8) is 0 Å². The van der Waals surface area contributed by atoms with Crippen molar-refractivity contribution in [2.45, 2.75) is 51.2 Å². The highest BCUT2D eigenvalue weighted by atomic mass is 16.4. The van der Waals surface area contributed by atoms with E-state index in [0.717, 1.165) is 24.2 Å². The molecule has 2 atom stereocenters. The number of fused-ring (bicyclic) bond motifs is 1. The van der Waals surface area contributed by atoms with Gasteiger partial charge in [0, 0.05) is 12.0 Å². The van der Waals surface area contributed by atoms with Crippen molar-refractivity contribution in [3.8, 4) is 0 Å². The Balaban J connectivity index is 2.18. The number of aliphatic hydroxyl groups is 1. The molecule has 5 nitrogen and oxygen atoms in total. The van der Waals surface area contributed by atoms with Crippen molar-refractivity contribution >= 4 is 17.0 Å². The third-order valence-electron chi connectivity index (χ3n) is 4.04. The van der Waals surface area contributed by atoms with Gasteiger partial charge in [-0.1, -0.05) is 6.07 Å². The molecule has 3 rings (SSSR count). The molecule has 0 aliphatic heterocycles. The van der Waals surface area contributed by atoms with Crippen LogP contribution < -0.4 is 0 Å². The number of hydrogen-bond donors (Lipinski definition) is 2. The van der Waals surface area contributed by atoms with Crippen molar-refractivity contribution in [2.24, 2.45) is 0 Å². The van der Waals surface area contributed by atoms with E-state index in [1.807, 2.05) is 13.0 Å². The molecular formula is C16H20N2O3. The fourth-order valence-electron chi connectivity index (χ4n) is 3.00. The maximum absolute atomic E-state index is 11.4. The Labute approximate surface area is 123 Å². The molecule has 2 N–H and O–H groups in total. The van der Waals surface area contributed by atoms with Crippen molar-refractivity contribution < 1.29 is 15.0 Å². The molecule has 1 saturated carbocycles. The Morgan fingerprint density at radius 3 is 2.71 bits per heavy atom. The lowest BCUT2D eigenvalue weighted by molar-refractivity contribution is 0.0699. The number of hydrogen-bond acceptors (Lipinski definition) is 3. The summed E-state index contributed by atoms with van der Waals surface area (Å²) in [6, 6.07) is 5.36. The van der Waals surface area contributed by atoms with Crippen LogP contribution in [0, 0.1) is 0 Å². The minimum atomic E-state index is -0.948. The molecule has 0 amide bonds. The third kappa shape index (κ3) is 2.53. The number of imidazole rings is 1. The van der Waals surface area contributed by atoms with Crippen LogP contribution in [0.15, 0.2) is 18.2 Å². The molecule has 1 fully saturated rings. The standard InChI is InChI=1S/C16H20N2O3/c1-9(8-10(2)19)18-13-5-3-4-12(16(20)21)14(13)17-15(18)11-6-7-11/h3-5,9-11,19H,6-8H2,1-2H3,(H,20,21). The normalized spacial score (nSPS) is 17.9. The van der Waals surface area contributed by atoms with Gasteiger partial charge in [-0.05, 0) is 45.2 Å². The van der Waals surface area contributed by atoms with E-state index < -0.39 is 12.1 Å². The van der Waals surface area contributed by atoms with Gasteiger partial charge in [-0.3, -0.25) is 0 Å². The Kier molecular flexibility index (Phi) is 3.45. The van der Waals surface area contributed by atoms with Gasteiger partial charge in [-0.2, -0.15) is 0 Å². The van der Waals surface area contributed by atoms with Gasteiger partial charge in [0.15, 0.2) is 0 Å². The largest absolute Gasteiger partial charge is 0.478 e. The summed E-state index contributed by atoms with van der Waals surface area (Å²) in [7, 11) is 0. The molecule has 1 aliphatic carbocycles. The van der Waals surface area contributed by atoms with E-state index in [4.69, 9.17) is 0 Å². The molecule has 112 valence electrons. The number of aromatic nitrogens is 2. The fourth-order valence-corrected chi connectivity index (χ4v) is 3.00. The summed E-state index contributed by atoms with van der Waals surface area (Å²) in [4.78, 5) is 16.0. The maximum atomic E-state index is 11.4. The first kappa shape index (κ1) is 14.1. The predicted octanol–water partition coefficient (Wildman–Crippen LogP) is 2.94. The van der Waals surface area contributed by atoms with E-state index in [9.17, 15) is 15.0 Å². The van der Waals surface area contributed by atoms with Gasteiger partial charge >= 0.3 is 5.97 Å². The molecule has 0 bridgehead atoms. The van der Waals surface area contributed by atoms with Crippen LogP contribution in [0.4, 0.5) is 0 Å². The highest BCUT2D eigenvalue weighted by Gasteiger charge is 2.32. The molecule has 21 heavy (non-hydrogen) atoms. The second-order valence-corrected chi connectivity index (χ2v) is 6.03. The zero-order valence-electron chi connectivity index (χ0n) is 12.3. The van der Waals surface area contributed by atoms with Gasteiger partial charge in [0.05, 0.1) is 17.2 Å². The average molecular weight is 288 g/mol. The summed E-state index contributed by atoms with van der Waals surface area (Å²) in [6.07, 6.45) is 2.44. The summed E-state index contributed by atoms with van der Waals surface area (Å²) < 4.78 is 2.12. The number of para-hydroxylation sites is 1. The summed E-state index contributed by atoms with van der Waals surface area (Å²) in [5.74, 6) is 0.443. The van der Waals surface area contributed by atoms with Crippen LogP contribution in [-0.4, -0.2) is 31.8 Å². The number of aliphatic hydroxyl groups excluding tert-OH is 1. The Morgan fingerprint density at radius 1 is 1.43 bits per heavy atom. The van der Waals surface area contributed by atoms with Gasteiger partial charge < -0.3 is 14.8 Å². The molecule has 2 unspecified atom stereocenters. The molecule has 0 saturated heterocycles. The van der Waals surface area contributed by atoms with Gasteiger partial charge in [-0.15, -0.1) is 0 Å². The molecule has 1 heterocycles. The van der Waals surface area contributed by atoms with Gasteiger partial charge in [0.2, 0.25) is 0 Å². The highest BCUT2D eigenvalue weighted by molar-refractivity contribution is 6.01. The number of rotatable bonds is 5. The molecule has 1 aromatic heterocycles. The topological polar surface area (TPSA) is 75.3 Å². The third-order valence-corrected chi connectivity index (χ3v) is 4.04. The van der Waals surface area contributed by atoms with Crippen LogP contribution in [0.1, 0.15) is 61.3 Å². The first-order valence-corrected chi connectivity index (χ1v) is 7.41. The Morgan fingerprint density at radius 2 is 2.14 bits per heavy atom. The van der Waals surface area contributed by atoms with Gasteiger partial charge in [0.25, 0.3) is 0 Å².